The van der Waals surface area contributed by atoms with Crippen molar-refractivity contribution in [3.8, 4) is 16.6 Å². The first-order chi connectivity index (χ1) is 16.6. The van der Waals surface area contributed by atoms with Crippen LogP contribution < -0.4 is 10.6 Å². The highest BCUT2D eigenvalue weighted by Crippen LogP contribution is 2.40. The molecule has 1 aromatic heterocycles. The molecule has 0 amide bonds. The number of allylic oxidation sites excluding steroid dienone is 2. The van der Waals surface area contributed by atoms with Gasteiger partial charge in [0.25, 0.3) is 0 Å². The Morgan fingerprint density at radius 3 is 2.97 bits per heavy atom. The van der Waals surface area contributed by atoms with Gasteiger partial charge in [0.15, 0.2) is 0 Å². The van der Waals surface area contributed by atoms with Gasteiger partial charge in [0.1, 0.15) is 10.0 Å². The summed E-state index contributed by atoms with van der Waals surface area (Å²) < 4.78 is 5.88. The van der Waals surface area contributed by atoms with Gasteiger partial charge in [-0.2, -0.15) is 5.26 Å². The van der Waals surface area contributed by atoms with Crippen LogP contribution in [0.2, 0.25) is 0 Å². The number of rotatable bonds is 10. The lowest BCUT2D eigenvalue weighted by atomic mass is 9.97. The Balaban J connectivity index is 1.47. The van der Waals surface area contributed by atoms with Crippen molar-refractivity contribution in [2.24, 2.45) is 4.99 Å². The van der Waals surface area contributed by atoms with Gasteiger partial charge in [-0.25, -0.2) is 0 Å². The lowest BCUT2D eigenvalue weighted by Gasteiger charge is -2.21. The lowest BCUT2D eigenvalue weighted by Crippen LogP contribution is -2.22. The summed E-state index contributed by atoms with van der Waals surface area (Å²) in [4.78, 5) is 4.42. The van der Waals surface area contributed by atoms with Crippen LogP contribution in [0, 0.1) is 11.3 Å². The zero-order valence-electron chi connectivity index (χ0n) is 20.0. The minimum Gasteiger partial charge on any atom is -0.370 e. The maximum atomic E-state index is 9.59. The Hall–Kier alpha value is -2.70. The number of hydrogen-bond donors (Lipinski definition) is 2. The molecular weight excluding hydrogens is 444 g/mol. The first-order valence-electron chi connectivity index (χ1n) is 11.9. The first kappa shape index (κ1) is 24.4. The number of fused-ring (bicyclic) bond motifs is 1. The maximum Gasteiger partial charge on any atom is 0.148 e. The topological polar surface area (TPSA) is 95.2 Å². The van der Waals surface area contributed by atoms with Crippen LogP contribution in [-0.4, -0.2) is 55.3 Å². The molecule has 0 bridgehead atoms. The third-order valence-electron chi connectivity index (χ3n) is 6.00. The van der Waals surface area contributed by atoms with Crippen LogP contribution >= 0.6 is 11.3 Å². The summed E-state index contributed by atoms with van der Waals surface area (Å²) >= 11 is 1.59. The van der Waals surface area contributed by atoms with Crippen molar-refractivity contribution in [1.29, 1.82) is 5.26 Å². The normalized spacial score (nSPS) is 19.9. The second-order valence-corrected chi connectivity index (χ2v) is 9.74. The van der Waals surface area contributed by atoms with Crippen molar-refractivity contribution in [2.75, 3.05) is 26.7 Å². The molecule has 0 fully saturated rings. The predicted molar refractivity (Wildman–Crippen MR) is 138 cm³/mol. The molecule has 0 saturated heterocycles. The number of aliphatic imine (C=N–C) groups is 1. The third kappa shape index (κ3) is 5.68. The molecule has 2 aliphatic rings. The van der Waals surface area contributed by atoms with E-state index >= 15 is 0 Å². The fraction of sp³-hybridized carbons (Fsp3) is 0.462. The number of nitrogens with one attached hydrogen (secondary N) is 2. The molecule has 34 heavy (non-hydrogen) atoms. The summed E-state index contributed by atoms with van der Waals surface area (Å²) in [6, 6.07) is 9.13. The Labute approximate surface area is 205 Å². The minimum atomic E-state index is -0.183. The summed E-state index contributed by atoms with van der Waals surface area (Å²) in [5, 5.41) is 27.1. The molecular formula is C26H32N6OS. The van der Waals surface area contributed by atoms with Crippen LogP contribution in [0.15, 0.2) is 40.9 Å². The van der Waals surface area contributed by atoms with Crippen LogP contribution in [0.5, 0.6) is 0 Å². The number of aromatic nitrogens is 2. The molecule has 0 radical (unpaired) electrons. The number of benzene rings is 1. The summed E-state index contributed by atoms with van der Waals surface area (Å²) in [6.45, 7) is 6.42. The highest BCUT2D eigenvalue weighted by Gasteiger charge is 2.26. The molecule has 1 heterocycles. The molecule has 7 nitrogen and oxygen atoms in total. The van der Waals surface area contributed by atoms with Gasteiger partial charge in [-0.1, -0.05) is 35.6 Å². The van der Waals surface area contributed by atoms with E-state index in [-0.39, 0.29) is 12.2 Å². The minimum absolute atomic E-state index is 0.0782. The second kappa shape index (κ2) is 11.6. The van der Waals surface area contributed by atoms with E-state index in [1.54, 1.807) is 11.3 Å². The number of hydrogen-bond acceptors (Lipinski definition) is 8. The lowest BCUT2D eigenvalue weighted by molar-refractivity contribution is 0.0327. The van der Waals surface area contributed by atoms with E-state index in [9.17, 15) is 5.26 Å². The van der Waals surface area contributed by atoms with E-state index < -0.39 is 0 Å². The SMILES string of the molecule is CNCC=NCCNC1CCc2c(-c3nnc(C4=CCC(OC(C)C)C(C#N)=C4)s3)cccc21. The molecule has 2 unspecified atom stereocenters. The van der Waals surface area contributed by atoms with Crippen LogP contribution in [0.4, 0.5) is 0 Å². The van der Waals surface area contributed by atoms with Gasteiger partial charge in [0.05, 0.1) is 30.4 Å². The van der Waals surface area contributed by atoms with E-state index in [2.05, 4.69) is 56.2 Å². The molecule has 1 aromatic carbocycles. The van der Waals surface area contributed by atoms with Crippen molar-refractivity contribution in [1.82, 2.24) is 20.8 Å². The Kier molecular flexibility index (Phi) is 8.35. The average Bonchev–Trinajstić information content (AvgIpc) is 3.49. The summed E-state index contributed by atoms with van der Waals surface area (Å²) in [5.41, 5.74) is 5.48. The summed E-state index contributed by atoms with van der Waals surface area (Å²) in [7, 11) is 1.92. The van der Waals surface area contributed by atoms with E-state index in [0.717, 1.165) is 48.1 Å². The first-order valence-corrected chi connectivity index (χ1v) is 12.7. The van der Waals surface area contributed by atoms with Crippen molar-refractivity contribution in [3.63, 3.8) is 0 Å². The van der Waals surface area contributed by atoms with Gasteiger partial charge in [0, 0.05) is 36.5 Å². The van der Waals surface area contributed by atoms with E-state index in [1.165, 1.54) is 16.7 Å². The van der Waals surface area contributed by atoms with Crippen molar-refractivity contribution in [3.05, 3.63) is 52.1 Å². The van der Waals surface area contributed by atoms with Crippen LogP contribution in [-0.2, 0) is 11.2 Å². The van der Waals surface area contributed by atoms with Crippen LogP contribution in [0.3, 0.4) is 0 Å². The van der Waals surface area contributed by atoms with Crippen LogP contribution in [0.25, 0.3) is 16.1 Å². The highest BCUT2D eigenvalue weighted by molar-refractivity contribution is 7.15. The van der Waals surface area contributed by atoms with Crippen LogP contribution in [0.1, 0.15) is 48.9 Å². The summed E-state index contributed by atoms with van der Waals surface area (Å²) in [5.74, 6) is 0. The highest BCUT2D eigenvalue weighted by atomic mass is 32.1. The zero-order valence-corrected chi connectivity index (χ0v) is 20.9. The van der Waals surface area contributed by atoms with E-state index in [0.29, 0.717) is 18.0 Å². The Bertz CT molecular complexity index is 1130. The van der Waals surface area contributed by atoms with Gasteiger partial charge < -0.3 is 15.4 Å². The fourth-order valence-corrected chi connectivity index (χ4v) is 5.36. The zero-order chi connectivity index (χ0) is 23.9. The second-order valence-electron chi connectivity index (χ2n) is 8.76. The molecule has 0 spiro atoms. The quantitative estimate of drug-likeness (QED) is 0.396. The van der Waals surface area contributed by atoms with Crippen molar-refractivity contribution >= 4 is 23.1 Å². The maximum absolute atomic E-state index is 9.59. The van der Waals surface area contributed by atoms with Gasteiger partial charge in [-0.15, -0.1) is 10.2 Å². The number of nitrogens with zero attached hydrogens (tertiary/aromatic N) is 4. The largest absolute Gasteiger partial charge is 0.370 e. The standard InChI is InChI=1S/C26H32N6OS/c1-17(2)33-24-10-7-18(15-19(24)16-27)25-31-32-26(34-25)22-6-4-5-21-20(22)8-9-23(21)30-14-13-29-12-11-28-3/h4-7,12,15,17,23-24,28,30H,8-11,13-14H2,1-3H3. The molecule has 2 atom stereocenters. The average molecular weight is 477 g/mol. The number of nitriles is 1. The van der Waals surface area contributed by atoms with E-state index in [4.69, 9.17) is 4.74 Å². The van der Waals surface area contributed by atoms with Crippen molar-refractivity contribution in [2.45, 2.75) is 51.4 Å². The monoisotopic (exact) mass is 476 g/mol. The number of ether oxygens (including phenoxy) is 1. The van der Waals surface area contributed by atoms with Gasteiger partial charge in [-0.05, 0) is 57.4 Å². The molecule has 0 saturated carbocycles. The Morgan fingerprint density at radius 1 is 1.32 bits per heavy atom. The smallest absolute Gasteiger partial charge is 0.148 e. The van der Waals surface area contributed by atoms with E-state index in [1.807, 2.05) is 33.2 Å². The Morgan fingerprint density at radius 2 is 2.18 bits per heavy atom. The molecule has 2 N–H and O–H groups in total. The van der Waals surface area contributed by atoms with Gasteiger partial charge in [0.2, 0.25) is 0 Å². The van der Waals surface area contributed by atoms with Gasteiger partial charge >= 0.3 is 0 Å². The van der Waals surface area contributed by atoms with Gasteiger partial charge in [-0.3, -0.25) is 4.99 Å². The summed E-state index contributed by atoms with van der Waals surface area (Å²) in [6.07, 6.45) is 8.59. The third-order valence-corrected chi connectivity index (χ3v) is 7.01. The molecule has 8 heteroatoms. The molecule has 178 valence electrons. The fourth-order valence-electron chi connectivity index (χ4n) is 4.46. The predicted octanol–water partition coefficient (Wildman–Crippen LogP) is 4.10. The molecule has 4 rings (SSSR count). The van der Waals surface area contributed by atoms with Crippen molar-refractivity contribution < 1.29 is 4.74 Å². The molecule has 2 aliphatic carbocycles. The molecule has 2 aromatic rings. The molecule has 0 aliphatic heterocycles.